The van der Waals surface area contributed by atoms with Crippen LogP contribution in [0, 0.1) is 0 Å². The molecule has 0 fully saturated rings. The van der Waals surface area contributed by atoms with Crippen molar-refractivity contribution in [3.8, 4) is 10.6 Å². The van der Waals surface area contributed by atoms with Crippen LogP contribution in [0.3, 0.4) is 0 Å². The maximum atomic E-state index is 12.2. The highest BCUT2D eigenvalue weighted by molar-refractivity contribution is 7.12. The van der Waals surface area contributed by atoms with Gasteiger partial charge in [0.2, 0.25) is 0 Å². The molecule has 1 unspecified atom stereocenters. The number of nitrogens with zero attached hydrogens (tertiary/aromatic N) is 1. The van der Waals surface area contributed by atoms with Gasteiger partial charge in [0.05, 0.1) is 11.6 Å². The van der Waals surface area contributed by atoms with E-state index in [1.807, 2.05) is 23.7 Å². The molecule has 1 atom stereocenters. The van der Waals surface area contributed by atoms with E-state index in [0.29, 0.717) is 22.1 Å². The van der Waals surface area contributed by atoms with Crippen LogP contribution in [0.15, 0.2) is 46.8 Å². The molecule has 0 saturated carbocycles. The molecule has 3 rings (SSSR count). The molecule has 2 N–H and O–H groups in total. The highest BCUT2D eigenvalue weighted by atomic mass is 35.5. The van der Waals surface area contributed by atoms with E-state index >= 15 is 0 Å². The van der Waals surface area contributed by atoms with Crippen molar-refractivity contribution in [3.05, 3.63) is 63.0 Å². The average molecular weight is 306 g/mol. The van der Waals surface area contributed by atoms with Crippen LogP contribution in [0.2, 0.25) is 5.02 Å². The van der Waals surface area contributed by atoms with Gasteiger partial charge in [-0.1, -0.05) is 23.7 Å². The van der Waals surface area contributed by atoms with Gasteiger partial charge in [0.15, 0.2) is 0 Å². The van der Waals surface area contributed by atoms with E-state index < -0.39 is 0 Å². The Hall–Kier alpha value is -1.85. The first-order chi connectivity index (χ1) is 9.74. The number of nitrogens with one attached hydrogen (secondary N) is 2. The summed E-state index contributed by atoms with van der Waals surface area (Å²) in [5.74, 6) is 0. The third kappa shape index (κ3) is 2.69. The predicted molar refractivity (Wildman–Crippen MR) is 81.8 cm³/mol. The lowest BCUT2D eigenvalue weighted by Crippen LogP contribution is -2.34. The van der Waals surface area contributed by atoms with Crippen LogP contribution in [0.25, 0.3) is 10.6 Å². The lowest BCUT2D eigenvalue weighted by atomic mass is 10.1. The minimum Gasteiger partial charge on any atom is -0.387 e. The molecule has 4 nitrogen and oxygen atoms in total. The van der Waals surface area contributed by atoms with Crippen LogP contribution in [-0.4, -0.2) is 11.5 Å². The van der Waals surface area contributed by atoms with Crippen LogP contribution in [0.4, 0.5) is 0 Å². The first-order valence-electron chi connectivity index (χ1n) is 6.14. The number of aromatic nitrogens is 1. The summed E-state index contributed by atoms with van der Waals surface area (Å²) in [4.78, 5) is 16.3. The van der Waals surface area contributed by atoms with Crippen molar-refractivity contribution in [2.75, 3.05) is 6.54 Å². The maximum absolute atomic E-state index is 12.2. The van der Waals surface area contributed by atoms with Crippen molar-refractivity contribution in [2.45, 2.75) is 6.04 Å². The molecule has 2 heterocycles. The molecular formula is C14H12ClN3OS. The average Bonchev–Trinajstić information content (AvgIpc) is 2.49. The lowest BCUT2D eigenvalue weighted by molar-refractivity contribution is 0.559. The number of hydrogen-bond acceptors (Lipinski definition) is 5. The van der Waals surface area contributed by atoms with Crippen molar-refractivity contribution in [3.63, 3.8) is 0 Å². The van der Waals surface area contributed by atoms with Crippen molar-refractivity contribution in [1.82, 2.24) is 15.6 Å². The Morgan fingerprint density at radius 1 is 1.25 bits per heavy atom. The number of halogens is 1. The Morgan fingerprint density at radius 2 is 2.05 bits per heavy atom. The molecule has 0 bridgehead atoms. The second-order valence-corrected chi connectivity index (χ2v) is 5.68. The topological polar surface area (TPSA) is 54.0 Å². The maximum Gasteiger partial charge on any atom is 0.277 e. The van der Waals surface area contributed by atoms with Gasteiger partial charge in [-0.15, -0.1) is 11.3 Å². The summed E-state index contributed by atoms with van der Waals surface area (Å²) in [7, 11) is 0. The van der Waals surface area contributed by atoms with Gasteiger partial charge in [0.25, 0.3) is 5.56 Å². The molecule has 0 saturated heterocycles. The summed E-state index contributed by atoms with van der Waals surface area (Å²) in [6.45, 7) is 0.681. The fourth-order valence-corrected chi connectivity index (χ4v) is 3.01. The highest BCUT2D eigenvalue weighted by Gasteiger charge is 2.16. The fourth-order valence-electron chi connectivity index (χ4n) is 1.98. The zero-order valence-electron chi connectivity index (χ0n) is 10.5. The second-order valence-electron chi connectivity index (χ2n) is 4.38. The van der Waals surface area contributed by atoms with E-state index in [9.17, 15) is 4.79 Å². The molecule has 1 aromatic carbocycles. The third-order valence-electron chi connectivity index (χ3n) is 3.03. The zero-order valence-corrected chi connectivity index (χ0v) is 12.0. The van der Waals surface area contributed by atoms with Crippen LogP contribution in [0.1, 0.15) is 11.6 Å². The fraction of sp³-hybridized carbons (Fsp3) is 0.143. The lowest BCUT2D eigenvalue weighted by Gasteiger charge is -2.20. The van der Waals surface area contributed by atoms with Gasteiger partial charge in [-0.2, -0.15) is 4.98 Å². The van der Waals surface area contributed by atoms with Gasteiger partial charge in [-0.25, -0.2) is 0 Å². The van der Waals surface area contributed by atoms with E-state index in [0.717, 1.165) is 5.56 Å². The van der Waals surface area contributed by atoms with Crippen molar-refractivity contribution in [1.29, 1.82) is 0 Å². The smallest absolute Gasteiger partial charge is 0.277 e. The Bertz CT molecular complexity index is 696. The van der Waals surface area contributed by atoms with Gasteiger partial charge >= 0.3 is 0 Å². The van der Waals surface area contributed by atoms with Crippen molar-refractivity contribution < 1.29 is 0 Å². The monoisotopic (exact) mass is 305 g/mol. The van der Waals surface area contributed by atoms with E-state index in [2.05, 4.69) is 15.6 Å². The van der Waals surface area contributed by atoms with Gasteiger partial charge in [0, 0.05) is 34.9 Å². The van der Waals surface area contributed by atoms with Crippen molar-refractivity contribution >= 4 is 22.9 Å². The first kappa shape index (κ1) is 13.1. The molecule has 0 radical (unpaired) electrons. The Morgan fingerprint density at radius 3 is 2.70 bits per heavy atom. The molecule has 6 heteroatoms. The van der Waals surface area contributed by atoms with Crippen molar-refractivity contribution in [2.24, 2.45) is 0 Å². The van der Waals surface area contributed by atoms with Gasteiger partial charge in [0.1, 0.15) is 5.01 Å². The molecule has 0 aliphatic carbocycles. The van der Waals surface area contributed by atoms with Crippen LogP contribution >= 0.6 is 22.9 Å². The number of hydrogen-bond donors (Lipinski definition) is 2. The van der Waals surface area contributed by atoms with E-state index in [4.69, 9.17) is 11.6 Å². The minimum atomic E-state index is -0.191. The molecule has 0 spiro atoms. The number of rotatable bonds is 2. The SMILES string of the molecule is O=c1nc(-c2ccc(Cl)cc2)scc1C1CNC=CN1. The van der Waals surface area contributed by atoms with E-state index in [1.165, 1.54) is 11.3 Å². The molecule has 2 aromatic rings. The summed E-state index contributed by atoms with van der Waals surface area (Å²) in [5, 5.41) is 9.49. The van der Waals surface area contributed by atoms with Crippen LogP contribution in [0.5, 0.6) is 0 Å². The summed E-state index contributed by atoms with van der Waals surface area (Å²) in [5.41, 5.74) is 1.39. The summed E-state index contributed by atoms with van der Waals surface area (Å²) < 4.78 is 0. The zero-order chi connectivity index (χ0) is 13.9. The quantitative estimate of drug-likeness (QED) is 0.895. The first-order valence-corrected chi connectivity index (χ1v) is 7.40. The van der Waals surface area contributed by atoms with Gasteiger partial charge in [-0.3, -0.25) is 4.79 Å². The van der Waals surface area contributed by atoms with Crippen LogP contribution in [-0.2, 0) is 0 Å². The molecule has 0 amide bonds. The summed E-state index contributed by atoms with van der Waals surface area (Å²) in [6.07, 6.45) is 3.62. The summed E-state index contributed by atoms with van der Waals surface area (Å²) >= 11 is 7.32. The molecule has 1 aromatic heterocycles. The molecule has 1 aliphatic heterocycles. The molecular weight excluding hydrogens is 294 g/mol. The third-order valence-corrected chi connectivity index (χ3v) is 4.21. The van der Waals surface area contributed by atoms with E-state index in [1.54, 1.807) is 18.3 Å². The van der Waals surface area contributed by atoms with Gasteiger partial charge in [-0.05, 0) is 12.1 Å². The Kier molecular flexibility index (Phi) is 3.71. The second kappa shape index (κ2) is 5.64. The van der Waals surface area contributed by atoms with E-state index in [-0.39, 0.29) is 11.6 Å². The Balaban J connectivity index is 1.93. The van der Waals surface area contributed by atoms with Crippen LogP contribution < -0.4 is 16.2 Å². The molecule has 102 valence electrons. The molecule has 1 aliphatic rings. The summed E-state index contributed by atoms with van der Waals surface area (Å²) in [6, 6.07) is 7.28. The predicted octanol–water partition coefficient (Wildman–Crippen LogP) is 2.53. The highest BCUT2D eigenvalue weighted by Crippen LogP contribution is 2.23. The normalized spacial score (nSPS) is 17.4. The largest absolute Gasteiger partial charge is 0.387 e. The van der Waals surface area contributed by atoms with Gasteiger partial charge < -0.3 is 10.6 Å². The number of benzene rings is 1. The minimum absolute atomic E-state index is 0.0319. The molecule has 20 heavy (non-hydrogen) atoms. The Labute approximate surface area is 125 Å². The standard InChI is InChI=1S/C14H12ClN3OS/c15-10-3-1-9(2-4-10)14-18-13(19)11(8-20-14)12-7-16-5-6-17-12/h1-6,8,12,16-17H,7H2.